The van der Waals surface area contributed by atoms with E-state index in [2.05, 4.69) is 27.8 Å². The molecule has 20 heavy (non-hydrogen) atoms. The number of carbonyl (C=O) groups is 1. The lowest BCUT2D eigenvalue weighted by Gasteiger charge is -2.18. The van der Waals surface area contributed by atoms with Gasteiger partial charge in [0.2, 0.25) is 5.91 Å². The highest BCUT2D eigenvalue weighted by Gasteiger charge is 2.16. The summed E-state index contributed by atoms with van der Waals surface area (Å²) < 4.78 is 11.3. The predicted molar refractivity (Wildman–Crippen MR) is 82.9 cm³/mol. The van der Waals surface area contributed by atoms with Crippen molar-refractivity contribution in [1.82, 2.24) is 5.32 Å². The zero-order valence-corrected chi connectivity index (χ0v) is 13.6. The van der Waals surface area contributed by atoms with Crippen molar-refractivity contribution in [3.8, 4) is 5.75 Å². The molecule has 0 heterocycles. The first-order valence-electron chi connectivity index (χ1n) is 6.36. The molecule has 0 aliphatic carbocycles. The van der Waals surface area contributed by atoms with Crippen molar-refractivity contribution in [3.63, 3.8) is 0 Å². The molecule has 0 fully saturated rings. The van der Waals surface area contributed by atoms with Gasteiger partial charge < -0.3 is 14.8 Å². The van der Waals surface area contributed by atoms with E-state index in [9.17, 15) is 4.79 Å². The highest BCUT2D eigenvalue weighted by molar-refractivity contribution is 9.10. The number of halogens is 1. The quantitative estimate of drug-likeness (QED) is 0.774. The van der Waals surface area contributed by atoms with Crippen molar-refractivity contribution in [2.75, 3.05) is 13.7 Å². The van der Waals surface area contributed by atoms with Gasteiger partial charge in [-0.15, -0.1) is 6.58 Å². The summed E-state index contributed by atoms with van der Waals surface area (Å²) >= 11 is 3.43. The average molecular weight is 342 g/mol. The minimum Gasteiger partial charge on any atom is -0.496 e. The Morgan fingerprint density at radius 1 is 1.50 bits per heavy atom. The molecule has 0 saturated carbocycles. The normalized spacial score (nSPS) is 13.4. The highest BCUT2D eigenvalue weighted by Crippen LogP contribution is 2.27. The van der Waals surface area contributed by atoms with E-state index in [1.165, 1.54) is 0 Å². The van der Waals surface area contributed by atoms with Crippen LogP contribution in [0, 0.1) is 0 Å². The molecule has 1 N–H and O–H groups in total. The highest BCUT2D eigenvalue weighted by atomic mass is 79.9. The van der Waals surface area contributed by atoms with Crippen molar-refractivity contribution in [2.24, 2.45) is 0 Å². The minimum absolute atomic E-state index is 0.112. The third-order valence-electron chi connectivity index (χ3n) is 2.87. The van der Waals surface area contributed by atoms with E-state index >= 15 is 0 Å². The molecule has 0 aromatic heterocycles. The first kappa shape index (κ1) is 16.7. The number of nitrogens with one attached hydrogen (secondary N) is 1. The molecule has 0 saturated heterocycles. The van der Waals surface area contributed by atoms with E-state index in [1.54, 1.807) is 20.1 Å². The predicted octanol–water partition coefficient (Wildman–Crippen LogP) is 3.23. The molecule has 1 rings (SSSR count). The first-order valence-corrected chi connectivity index (χ1v) is 7.15. The smallest absolute Gasteiger partial charge is 0.249 e. The Hall–Kier alpha value is -1.33. The Bertz CT molecular complexity index is 476. The first-order chi connectivity index (χ1) is 9.49. The Kier molecular flexibility index (Phi) is 6.75. The number of carbonyl (C=O) groups excluding carboxylic acids is 1. The summed E-state index contributed by atoms with van der Waals surface area (Å²) in [6.45, 7) is 7.55. The SMILES string of the molecule is C=CCOC(C)C(=O)NC(C)c1ccc(OC)c(Br)c1. The Labute approximate surface area is 128 Å². The van der Waals surface area contributed by atoms with Gasteiger partial charge >= 0.3 is 0 Å². The van der Waals surface area contributed by atoms with Gasteiger partial charge in [-0.05, 0) is 47.5 Å². The third kappa shape index (κ3) is 4.65. The minimum atomic E-state index is -0.503. The van der Waals surface area contributed by atoms with Gasteiger partial charge in [-0.25, -0.2) is 0 Å². The third-order valence-corrected chi connectivity index (χ3v) is 3.49. The molecule has 4 nitrogen and oxygen atoms in total. The van der Waals surface area contributed by atoms with Crippen LogP contribution in [0.25, 0.3) is 0 Å². The molecule has 110 valence electrons. The maximum atomic E-state index is 11.9. The van der Waals surface area contributed by atoms with Crippen molar-refractivity contribution >= 4 is 21.8 Å². The zero-order chi connectivity index (χ0) is 15.1. The summed E-state index contributed by atoms with van der Waals surface area (Å²) in [6.07, 6.45) is 1.12. The van der Waals surface area contributed by atoms with Crippen LogP contribution < -0.4 is 10.1 Å². The van der Waals surface area contributed by atoms with Crippen LogP contribution in [0.3, 0.4) is 0 Å². The van der Waals surface area contributed by atoms with Gasteiger partial charge in [-0.1, -0.05) is 12.1 Å². The van der Waals surface area contributed by atoms with Crippen LogP contribution in [-0.2, 0) is 9.53 Å². The van der Waals surface area contributed by atoms with Crippen LogP contribution in [0.1, 0.15) is 25.5 Å². The van der Waals surface area contributed by atoms with Gasteiger partial charge in [0.05, 0.1) is 24.2 Å². The molecule has 2 atom stereocenters. The molecule has 0 aliphatic rings. The second-order valence-corrected chi connectivity index (χ2v) is 5.24. The van der Waals surface area contributed by atoms with E-state index in [1.807, 2.05) is 25.1 Å². The van der Waals surface area contributed by atoms with Gasteiger partial charge in [-0.2, -0.15) is 0 Å². The largest absolute Gasteiger partial charge is 0.496 e. The van der Waals surface area contributed by atoms with Gasteiger partial charge in [0.15, 0.2) is 0 Å². The van der Waals surface area contributed by atoms with Crippen LogP contribution >= 0.6 is 15.9 Å². The van der Waals surface area contributed by atoms with Crippen LogP contribution in [0.5, 0.6) is 5.75 Å². The molecule has 5 heteroatoms. The molecule has 0 aliphatic heterocycles. The summed E-state index contributed by atoms with van der Waals surface area (Å²) in [6, 6.07) is 5.60. The molecule has 1 amide bonds. The van der Waals surface area contributed by atoms with Crippen LogP contribution in [0.4, 0.5) is 0 Å². The van der Waals surface area contributed by atoms with E-state index < -0.39 is 6.10 Å². The summed E-state index contributed by atoms with van der Waals surface area (Å²) in [5.74, 6) is 0.612. The van der Waals surface area contributed by atoms with Crippen LogP contribution in [0.15, 0.2) is 35.3 Å². The molecular formula is C15H20BrNO3. The van der Waals surface area contributed by atoms with Gasteiger partial charge in [0.25, 0.3) is 0 Å². The van der Waals surface area contributed by atoms with E-state index in [-0.39, 0.29) is 11.9 Å². The maximum Gasteiger partial charge on any atom is 0.249 e. The van der Waals surface area contributed by atoms with E-state index in [0.29, 0.717) is 6.61 Å². The Morgan fingerprint density at radius 2 is 2.20 bits per heavy atom. The van der Waals surface area contributed by atoms with Gasteiger partial charge in [0.1, 0.15) is 11.9 Å². The summed E-state index contributed by atoms with van der Waals surface area (Å²) in [4.78, 5) is 11.9. The zero-order valence-electron chi connectivity index (χ0n) is 12.0. The fourth-order valence-corrected chi connectivity index (χ4v) is 2.21. The molecule has 0 radical (unpaired) electrons. The molecule has 1 aromatic rings. The molecule has 1 aromatic carbocycles. The lowest BCUT2D eigenvalue weighted by atomic mass is 10.1. The standard InChI is InChI=1S/C15H20BrNO3/c1-5-8-20-11(3)15(18)17-10(2)12-6-7-14(19-4)13(16)9-12/h5-7,9-11H,1,8H2,2-4H3,(H,17,18). The number of benzene rings is 1. The van der Waals surface area contributed by atoms with Crippen LogP contribution in [-0.4, -0.2) is 25.7 Å². The Morgan fingerprint density at radius 3 is 2.75 bits per heavy atom. The number of hydrogen-bond donors (Lipinski definition) is 1. The summed E-state index contributed by atoms with van der Waals surface area (Å²) in [5, 5.41) is 2.91. The molecule has 0 bridgehead atoms. The fourth-order valence-electron chi connectivity index (χ4n) is 1.65. The number of amides is 1. The second kappa shape index (κ2) is 8.07. The van der Waals surface area contributed by atoms with Crippen molar-refractivity contribution < 1.29 is 14.3 Å². The Balaban J connectivity index is 2.66. The van der Waals surface area contributed by atoms with Gasteiger partial charge in [0, 0.05) is 0 Å². The molecule has 0 spiro atoms. The van der Waals surface area contributed by atoms with E-state index in [0.717, 1.165) is 15.8 Å². The number of hydrogen-bond acceptors (Lipinski definition) is 3. The summed E-state index contributed by atoms with van der Waals surface area (Å²) in [5.41, 5.74) is 0.988. The second-order valence-electron chi connectivity index (χ2n) is 4.39. The van der Waals surface area contributed by atoms with E-state index in [4.69, 9.17) is 9.47 Å². The lowest BCUT2D eigenvalue weighted by Crippen LogP contribution is -2.36. The maximum absolute atomic E-state index is 11.9. The van der Waals surface area contributed by atoms with Gasteiger partial charge in [-0.3, -0.25) is 4.79 Å². The molecule has 2 unspecified atom stereocenters. The summed E-state index contributed by atoms with van der Waals surface area (Å²) in [7, 11) is 1.61. The van der Waals surface area contributed by atoms with Crippen LogP contribution in [0.2, 0.25) is 0 Å². The number of rotatable bonds is 7. The topological polar surface area (TPSA) is 47.6 Å². The number of methoxy groups -OCH3 is 1. The fraction of sp³-hybridized carbons (Fsp3) is 0.400. The monoisotopic (exact) mass is 341 g/mol. The lowest BCUT2D eigenvalue weighted by molar-refractivity contribution is -0.131. The average Bonchev–Trinajstić information content (AvgIpc) is 2.44. The van der Waals surface area contributed by atoms with Crippen molar-refractivity contribution in [3.05, 3.63) is 40.9 Å². The molecular weight excluding hydrogens is 322 g/mol. The number of ether oxygens (including phenoxy) is 2. The van der Waals surface area contributed by atoms with Crippen molar-refractivity contribution in [2.45, 2.75) is 26.0 Å². The van der Waals surface area contributed by atoms with Crippen molar-refractivity contribution in [1.29, 1.82) is 0 Å².